The quantitative estimate of drug-likeness (QED) is 0.770. The molecule has 0 saturated heterocycles. The van der Waals surface area contributed by atoms with E-state index in [-0.39, 0.29) is 4.90 Å². The Kier molecular flexibility index (Phi) is 5.12. The molecule has 4 nitrogen and oxygen atoms in total. The van der Waals surface area contributed by atoms with Crippen LogP contribution in [0.3, 0.4) is 0 Å². The van der Waals surface area contributed by atoms with E-state index in [1.165, 1.54) is 5.06 Å². The van der Waals surface area contributed by atoms with Crippen LogP contribution in [-0.2, 0) is 20.8 Å². The molecule has 0 saturated carbocycles. The van der Waals surface area contributed by atoms with E-state index >= 15 is 0 Å². The van der Waals surface area contributed by atoms with Gasteiger partial charge >= 0.3 is 10.1 Å². The number of likely N-dealkylation sites (N-methyl/N-ethyl adjacent to an activating group) is 1. The van der Waals surface area contributed by atoms with Gasteiger partial charge in [0.15, 0.2) is 0 Å². The average Bonchev–Trinajstić information content (AvgIpc) is 2.46. The molecule has 0 aromatic heterocycles. The Morgan fingerprint density at radius 3 is 2.24 bits per heavy atom. The maximum absolute atomic E-state index is 12.1. The third-order valence-electron chi connectivity index (χ3n) is 3.09. The van der Waals surface area contributed by atoms with E-state index in [2.05, 4.69) is 0 Å². The monoisotopic (exact) mass is 305 g/mol. The van der Waals surface area contributed by atoms with Gasteiger partial charge in [-0.25, -0.2) is 0 Å². The van der Waals surface area contributed by atoms with Gasteiger partial charge in [-0.2, -0.15) is 17.8 Å². The van der Waals surface area contributed by atoms with Gasteiger partial charge in [0, 0.05) is 13.6 Å². The molecule has 0 atom stereocenters. The van der Waals surface area contributed by atoms with Gasteiger partial charge in [-0.1, -0.05) is 48.0 Å². The third-order valence-corrected chi connectivity index (χ3v) is 4.39. The smallest absolute Gasteiger partial charge is 0.192 e. The fourth-order valence-electron chi connectivity index (χ4n) is 1.88. The number of hydrogen-bond donors (Lipinski definition) is 0. The summed E-state index contributed by atoms with van der Waals surface area (Å²) in [6.45, 7) is 2.40. The zero-order valence-electron chi connectivity index (χ0n) is 12.2. The van der Waals surface area contributed by atoms with Gasteiger partial charge in [0.2, 0.25) is 0 Å². The normalized spacial score (nSPS) is 11.8. The molecule has 0 aliphatic rings. The Hall–Kier alpha value is -1.69. The van der Waals surface area contributed by atoms with Crippen LogP contribution in [-0.4, -0.2) is 27.1 Å². The average molecular weight is 305 g/mol. The molecular weight excluding hydrogens is 286 g/mol. The van der Waals surface area contributed by atoms with E-state index in [0.717, 1.165) is 17.5 Å². The molecule has 0 unspecified atom stereocenters. The van der Waals surface area contributed by atoms with Crippen LogP contribution in [0.15, 0.2) is 59.5 Å². The van der Waals surface area contributed by atoms with Crippen molar-refractivity contribution in [2.24, 2.45) is 0 Å². The highest BCUT2D eigenvalue weighted by Gasteiger charge is 2.18. The second-order valence-electron chi connectivity index (χ2n) is 4.93. The van der Waals surface area contributed by atoms with Gasteiger partial charge in [-0.3, -0.25) is 0 Å². The van der Waals surface area contributed by atoms with E-state index in [4.69, 9.17) is 4.28 Å². The molecule has 0 heterocycles. The minimum Gasteiger partial charge on any atom is -0.192 e. The van der Waals surface area contributed by atoms with Crippen molar-refractivity contribution in [3.63, 3.8) is 0 Å². The molecule has 112 valence electrons. The van der Waals surface area contributed by atoms with Crippen molar-refractivity contribution in [3.05, 3.63) is 65.7 Å². The fraction of sp³-hybridized carbons (Fsp3) is 0.250. The molecule has 2 rings (SSSR count). The Balaban J connectivity index is 1.95. The SMILES string of the molecule is Cc1ccc(S(=O)(=O)ON(C)CCc2ccccc2)cc1. The van der Waals surface area contributed by atoms with Gasteiger partial charge < -0.3 is 0 Å². The lowest BCUT2D eigenvalue weighted by molar-refractivity contribution is -0.0227. The topological polar surface area (TPSA) is 46.6 Å². The molecule has 5 heteroatoms. The molecule has 0 aliphatic heterocycles. The zero-order chi connectivity index (χ0) is 15.3. The van der Waals surface area contributed by atoms with Crippen LogP contribution in [0.1, 0.15) is 11.1 Å². The summed E-state index contributed by atoms with van der Waals surface area (Å²) in [5, 5.41) is 1.35. The molecule has 0 spiro atoms. The van der Waals surface area contributed by atoms with Crippen LogP contribution < -0.4 is 0 Å². The molecular formula is C16H19NO3S. The first kappa shape index (κ1) is 15.7. The Bertz CT molecular complexity index is 666. The van der Waals surface area contributed by atoms with Crippen molar-refractivity contribution in [3.8, 4) is 0 Å². The zero-order valence-corrected chi connectivity index (χ0v) is 13.0. The van der Waals surface area contributed by atoms with Gasteiger partial charge in [-0.15, -0.1) is 0 Å². The first-order valence-electron chi connectivity index (χ1n) is 6.74. The predicted octanol–water partition coefficient (Wildman–Crippen LogP) is 2.79. The summed E-state index contributed by atoms with van der Waals surface area (Å²) in [4.78, 5) is 0.166. The lowest BCUT2D eigenvalue weighted by atomic mass is 10.1. The van der Waals surface area contributed by atoms with Gasteiger partial charge in [-0.05, 0) is 31.0 Å². The largest absolute Gasteiger partial charge is 0.313 e. The lowest BCUT2D eigenvalue weighted by Gasteiger charge is -2.16. The number of hydroxylamine groups is 2. The summed E-state index contributed by atoms with van der Waals surface area (Å²) in [5.41, 5.74) is 2.15. The van der Waals surface area contributed by atoms with E-state index in [1.807, 2.05) is 37.3 Å². The number of rotatable bonds is 6. The van der Waals surface area contributed by atoms with Crippen LogP contribution in [0.25, 0.3) is 0 Å². The van der Waals surface area contributed by atoms with E-state index in [1.54, 1.807) is 31.3 Å². The maximum Gasteiger partial charge on any atom is 0.313 e. The Labute approximate surface area is 126 Å². The first-order chi connectivity index (χ1) is 9.97. The summed E-state index contributed by atoms with van der Waals surface area (Å²) in [7, 11) is -2.14. The Morgan fingerprint density at radius 2 is 1.62 bits per heavy atom. The van der Waals surface area contributed by atoms with E-state index in [0.29, 0.717) is 6.54 Å². The Morgan fingerprint density at radius 1 is 1.00 bits per heavy atom. The summed E-state index contributed by atoms with van der Waals surface area (Å²) in [6.07, 6.45) is 0.723. The summed E-state index contributed by atoms with van der Waals surface area (Å²) in [6, 6.07) is 16.5. The highest BCUT2D eigenvalue weighted by Crippen LogP contribution is 2.14. The maximum atomic E-state index is 12.1. The van der Waals surface area contributed by atoms with Crippen molar-refractivity contribution >= 4 is 10.1 Å². The van der Waals surface area contributed by atoms with Crippen molar-refractivity contribution in [1.29, 1.82) is 0 Å². The van der Waals surface area contributed by atoms with Crippen LogP contribution in [0, 0.1) is 6.92 Å². The molecule has 0 bridgehead atoms. The van der Waals surface area contributed by atoms with Gasteiger partial charge in [0.1, 0.15) is 0 Å². The summed E-state index contributed by atoms with van der Waals surface area (Å²) in [5.74, 6) is 0. The minimum absolute atomic E-state index is 0.166. The summed E-state index contributed by atoms with van der Waals surface area (Å²) < 4.78 is 29.3. The third kappa shape index (κ3) is 4.67. The van der Waals surface area contributed by atoms with Gasteiger partial charge in [0.05, 0.1) is 4.90 Å². The molecule has 0 amide bonds. The van der Waals surface area contributed by atoms with Crippen molar-refractivity contribution in [1.82, 2.24) is 5.06 Å². The van der Waals surface area contributed by atoms with Crippen molar-refractivity contribution in [2.75, 3.05) is 13.6 Å². The molecule has 0 aliphatic carbocycles. The van der Waals surface area contributed by atoms with E-state index < -0.39 is 10.1 Å². The highest BCUT2D eigenvalue weighted by molar-refractivity contribution is 7.86. The van der Waals surface area contributed by atoms with Crippen molar-refractivity contribution < 1.29 is 12.7 Å². The molecule has 0 N–H and O–H groups in total. The summed E-state index contributed by atoms with van der Waals surface area (Å²) >= 11 is 0. The fourth-order valence-corrected chi connectivity index (χ4v) is 2.85. The first-order valence-corrected chi connectivity index (χ1v) is 8.14. The van der Waals surface area contributed by atoms with Crippen LogP contribution in [0.2, 0.25) is 0 Å². The second kappa shape index (κ2) is 6.85. The number of hydrogen-bond acceptors (Lipinski definition) is 4. The number of benzene rings is 2. The van der Waals surface area contributed by atoms with Crippen LogP contribution >= 0.6 is 0 Å². The van der Waals surface area contributed by atoms with Crippen LogP contribution in [0.5, 0.6) is 0 Å². The highest BCUT2D eigenvalue weighted by atomic mass is 32.2. The molecule has 2 aromatic rings. The van der Waals surface area contributed by atoms with E-state index in [9.17, 15) is 8.42 Å². The number of nitrogens with zero attached hydrogens (tertiary/aromatic N) is 1. The number of aryl methyl sites for hydroxylation is 1. The molecule has 2 aromatic carbocycles. The molecule has 0 radical (unpaired) electrons. The van der Waals surface area contributed by atoms with Crippen molar-refractivity contribution in [2.45, 2.75) is 18.2 Å². The molecule has 21 heavy (non-hydrogen) atoms. The minimum atomic E-state index is -3.75. The second-order valence-corrected chi connectivity index (χ2v) is 6.46. The predicted molar refractivity (Wildman–Crippen MR) is 82.2 cm³/mol. The van der Waals surface area contributed by atoms with Crippen LogP contribution in [0.4, 0.5) is 0 Å². The standard InChI is InChI=1S/C16H19NO3S/c1-14-8-10-16(11-9-14)21(18,19)20-17(2)13-12-15-6-4-3-5-7-15/h3-11H,12-13H2,1-2H3. The molecule has 0 fully saturated rings. The van der Waals surface area contributed by atoms with Gasteiger partial charge in [0.25, 0.3) is 0 Å². The lowest BCUT2D eigenvalue weighted by Crippen LogP contribution is -2.25.